The van der Waals surface area contributed by atoms with E-state index in [-0.39, 0.29) is 23.9 Å². The molecule has 1 aromatic carbocycles. The normalized spacial score (nSPS) is 15.2. The van der Waals surface area contributed by atoms with Crippen LogP contribution in [0, 0.1) is 0 Å². The van der Waals surface area contributed by atoms with Crippen molar-refractivity contribution in [1.82, 2.24) is 19.2 Å². The number of H-pyrrole nitrogens is 1. The molecule has 1 N–H and O–H groups in total. The highest BCUT2D eigenvalue weighted by Gasteiger charge is 2.32. The largest absolute Gasteiger partial charge is 0.345 e. The zero-order chi connectivity index (χ0) is 22.8. The highest BCUT2D eigenvalue weighted by atomic mass is 32.2. The molecule has 0 spiro atoms. The fraction of sp³-hybridized carbons (Fsp3) is 0.217. The van der Waals surface area contributed by atoms with E-state index in [2.05, 4.69) is 16.0 Å². The summed E-state index contributed by atoms with van der Waals surface area (Å²) in [7, 11) is -3.68. The summed E-state index contributed by atoms with van der Waals surface area (Å²) in [5.74, 6) is 0.755. The minimum atomic E-state index is -3.68. The Morgan fingerprint density at radius 2 is 1.88 bits per heavy atom. The Labute approximate surface area is 200 Å². The first-order valence-electron chi connectivity index (χ1n) is 10.5. The van der Waals surface area contributed by atoms with Crippen molar-refractivity contribution in [1.29, 1.82) is 0 Å². The Morgan fingerprint density at radius 3 is 2.67 bits per heavy atom. The van der Waals surface area contributed by atoms with Gasteiger partial charge in [0.05, 0.1) is 5.56 Å². The van der Waals surface area contributed by atoms with Gasteiger partial charge in [-0.25, -0.2) is 13.4 Å². The molecular weight excluding hydrogens is 476 g/mol. The Bertz CT molecular complexity index is 1370. The lowest BCUT2D eigenvalue weighted by Crippen LogP contribution is -2.50. The van der Waals surface area contributed by atoms with Crippen molar-refractivity contribution in [2.75, 3.05) is 26.2 Å². The lowest BCUT2D eigenvalue weighted by Gasteiger charge is -2.34. The van der Waals surface area contributed by atoms with Gasteiger partial charge in [0.25, 0.3) is 5.91 Å². The molecular formula is C23H22N4O3S3. The summed E-state index contributed by atoms with van der Waals surface area (Å²) in [6, 6.07) is 15.2. The van der Waals surface area contributed by atoms with Crippen LogP contribution in [0.3, 0.4) is 0 Å². The number of carbonyl (C=O) groups excluding carboxylic acids is 1. The van der Waals surface area contributed by atoms with Crippen LogP contribution in [-0.4, -0.2) is 59.7 Å². The van der Waals surface area contributed by atoms with Crippen LogP contribution < -0.4 is 0 Å². The second-order valence-corrected chi connectivity index (χ2v) is 11.6. The van der Waals surface area contributed by atoms with Crippen LogP contribution in [0.25, 0.3) is 11.0 Å². The molecule has 1 aliphatic rings. The average molecular weight is 499 g/mol. The summed E-state index contributed by atoms with van der Waals surface area (Å²) in [6.45, 7) is 1.21. The number of hydrogen-bond donors (Lipinski definition) is 1. The minimum absolute atomic E-state index is 0.0578. The molecule has 5 rings (SSSR count). The molecule has 10 heteroatoms. The topological polar surface area (TPSA) is 86.4 Å². The van der Waals surface area contributed by atoms with Crippen molar-refractivity contribution in [3.8, 4) is 0 Å². The maximum atomic E-state index is 13.3. The van der Waals surface area contributed by atoms with E-state index in [1.807, 2.05) is 35.7 Å². The summed E-state index contributed by atoms with van der Waals surface area (Å²) in [6.07, 6.45) is 3.11. The molecule has 1 amide bonds. The van der Waals surface area contributed by atoms with Gasteiger partial charge in [0.2, 0.25) is 10.0 Å². The molecule has 4 aromatic rings. The summed E-state index contributed by atoms with van der Waals surface area (Å²) >= 11 is 3.35. The fourth-order valence-electron chi connectivity index (χ4n) is 3.90. The average Bonchev–Trinajstić information content (AvgIpc) is 3.53. The monoisotopic (exact) mass is 498 g/mol. The quantitative estimate of drug-likeness (QED) is 0.405. The third-order valence-corrected chi connectivity index (χ3v) is 9.74. The van der Waals surface area contributed by atoms with Gasteiger partial charge in [-0.15, -0.1) is 23.1 Å². The molecule has 1 aliphatic heterocycles. The number of rotatable bonds is 6. The number of pyridine rings is 1. The van der Waals surface area contributed by atoms with Crippen LogP contribution in [0.5, 0.6) is 0 Å². The van der Waals surface area contributed by atoms with Crippen LogP contribution >= 0.6 is 23.1 Å². The fourth-order valence-corrected chi connectivity index (χ4v) is 7.29. The standard InChI is InChI=1S/C23H22N4O3S3/c28-23(18-6-1-2-8-20(18)32-16-17-5-4-14-31-17)26-10-12-27(13-11-26)33(29,30)21-15-25-22-19(21)7-3-9-24-22/h1-9,14-15H,10-13,16H2,(H,24,25). The first kappa shape index (κ1) is 22.1. The van der Waals surface area contributed by atoms with E-state index in [0.717, 1.165) is 10.6 Å². The molecule has 170 valence electrons. The Balaban J connectivity index is 1.28. The van der Waals surface area contributed by atoms with Crippen molar-refractivity contribution in [2.45, 2.75) is 15.5 Å². The molecule has 7 nitrogen and oxygen atoms in total. The molecule has 4 heterocycles. The number of nitrogens with one attached hydrogen (secondary N) is 1. The lowest BCUT2D eigenvalue weighted by atomic mass is 10.2. The number of thioether (sulfide) groups is 1. The maximum Gasteiger partial charge on any atom is 0.255 e. The number of aromatic amines is 1. The highest BCUT2D eigenvalue weighted by Crippen LogP contribution is 2.30. The molecule has 1 saturated heterocycles. The second kappa shape index (κ2) is 9.30. The molecule has 0 radical (unpaired) electrons. The number of carbonyl (C=O) groups is 1. The Hall–Kier alpha value is -2.66. The summed E-state index contributed by atoms with van der Waals surface area (Å²) in [4.78, 5) is 24.5. The summed E-state index contributed by atoms with van der Waals surface area (Å²) in [5, 5.41) is 2.63. The van der Waals surface area contributed by atoms with E-state index >= 15 is 0 Å². The summed E-state index contributed by atoms with van der Waals surface area (Å²) in [5.41, 5.74) is 1.21. The van der Waals surface area contributed by atoms with Gasteiger partial charge in [-0.2, -0.15) is 4.31 Å². The van der Waals surface area contributed by atoms with Crippen LogP contribution in [0.1, 0.15) is 15.2 Å². The molecule has 1 fully saturated rings. The van der Waals surface area contributed by atoms with Gasteiger partial charge in [-0.3, -0.25) is 4.79 Å². The number of benzene rings is 1. The zero-order valence-corrected chi connectivity index (χ0v) is 20.1. The number of piperazine rings is 1. The molecule has 33 heavy (non-hydrogen) atoms. The van der Waals surface area contributed by atoms with E-state index < -0.39 is 10.0 Å². The van der Waals surface area contributed by atoms with E-state index in [4.69, 9.17) is 0 Å². The van der Waals surface area contributed by atoms with Crippen molar-refractivity contribution >= 4 is 50.1 Å². The predicted octanol–water partition coefficient (Wildman–Crippen LogP) is 4.06. The van der Waals surface area contributed by atoms with Gasteiger partial charge in [0, 0.05) is 59.5 Å². The Morgan fingerprint density at radius 1 is 1.06 bits per heavy atom. The van der Waals surface area contributed by atoms with Crippen molar-refractivity contribution in [3.05, 3.63) is 76.7 Å². The lowest BCUT2D eigenvalue weighted by molar-refractivity contribution is 0.0694. The first-order chi connectivity index (χ1) is 16.0. The predicted molar refractivity (Wildman–Crippen MR) is 131 cm³/mol. The molecule has 0 aliphatic carbocycles. The van der Waals surface area contributed by atoms with E-state index in [0.29, 0.717) is 29.7 Å². The van der Waals surface area contributed by atoms with Crippen LogP contribution in [0.15, 0.2) is 76.1 Å². The number of sulfonamides is 1. The van der Waals surface area contributed by atoms with Gasteiger partial charge in [0.15, 0.2) is 0 Å². The Kier molecular flexibility index (Phi) is 6.24. The van der Waals surface area contributed by atoms with Gasteiger partial charge >= 0.3 is 0 Å². The number of amides is 1. The van der Waals surface area contributed by atoms with Crippen LogP contribution in [0.2, 0.25) is 0 Å². The van der Waals surface area contributed by atoms with Crippen LogP contribution in [-0.2, 0) is 15.8 Å². The second-order valence-electron chi connectivity index (χ2n) is 7.61. The number of thiophene rings is 1. The van der Waals surface area contributed by atoms with E-state index in [9.17, 15) is 13.2 Å². The van der Waals surface area contributed by atoms with Crippen LogP contribution in [0.4, 0.5) is 0 Å². The van der Waals surface area contributed by atoms with Gasteiger partial charge in [-0.1, -0.05) is 18.2 Å². The van der Waals surface area contributed by atoms with Crippen molar-refractivity contribution in [2.24, 2.45) is 0 Å². The molecule has 0 bridgehead atoms. The molecule has 3 aromatic heterocycles. The van der Waals surface area contributed by atoms with Gasteiger partial charge < -0.3 is 9.88 Å². The van der Waals surface area contributed by atoms with E-state index in [1.54, 1.807) is 46.3 Å². The zero-order valence-electron chi connectivity index (χ0n) is 17.7. The van der Waals surface area contributed by atoms with Gasteiger partial charge in [0.1, 0.15) is 10.5 Å². The first-order valence-corrected chi connectivity index (χ1v) is 13.8. The molecule has 0 saturated carbocycles. The number of aromatic nitrogens is 2. The molecule has 0 unspecified atom stereocenters. The summed E-state index contributed by atoms with van der Waals surface area (Å²) < 4.78 is 27.9. The molecule has 0 atom stereocenters. The van der Waals surface area contributed by atoms with Crippen molar-refractivity contribution < 1.29 is 13.2 Å². The van der Waals surface area contributed by atoms with E-state index in [1.165, 1.54) is 15.4 Å². The number of hydrogen-bond acceptors (Lipinski definition) is 6. The highest BCUT2D eigenvalue weighted by molar-refractivity contribution is 7.98. The maximum absolute atomic E-state index is 13.3. The smallest absolute Gasteiger partial charge is 0.255 e. The van der Waals surface area contributed by atoms with Gasteiger partial charge in [-0.05, 0) is 35.7 Å². The third-order valence-electron chi connectivity index (χ3n) is 5.62. The third kappa shape index (κ3) is 4.43. The van der Waals surface area contributed by atoms with Crippen molar-refractivity contribution in [3.63, 3.8) is 0 Å². The number of fused-ring (bicyclic) bond motifs is 1. The number of nitrogens with zero attached hydrogens (tertiary/aromatic N) is 3. The minimum Gasteiger partial charge on any atom is -0.345 e. The SMILES string of the molecule is O=C(c1ccccc1SCc1cccs1)N1CCN(S(=O)(=O)c2c[nH]c3ncccc23)CC1.